The van der Waals surface area contributed by atoms with Gasteiger partial charge in [-0.05, 0) is 25.0 Å². The molecule has 0 saturated carbocycles. The van der Waals surface area contributed by atoms with Gasteiger partial charge in [0.05, 0.1) is 17.7 Å². The first-order valence-corrected chi connectivity index (χ1v) is 8.85. The SMILES string of the molecule is Cc1[nH]c2ccccc2c1CCC(=O)N1CCc2ncsc2C1. The standard InChI is InChI=1S/C18H19N3OS/c1-12-13(14-4-2-3-5-15(14)20-12)6-7-18(22)21-9-8-16-17(10-21)23-11-19-16/h2-5,11,20H,6-10H2,1H3. The molecule has 4 rings (SSSR count). The summed E-state index contributed by atoms with van der Waals surface area (Å²) >= 11 is 1.66. The van der Waals surface area contributed by atoms with Gasteiger partial charge in [0.15, 0.2) is 0 Å². The minimum absolute atomic E-state index is 0.244. The number of carbonyl (C=O) groups is 1. The van der Waals surface area contributed by atoms with Crippen LogP contribution in [0.25, 0.3) is 10.9 Å². The van der Waals surface area contributed by atoms with E-state index in [0.29, 0.717) is 6.42 Å². The van der Waals surface area contributed by atoms with Gasteiger partial charge in [-0.15, -0.1) is 11.3 Å². The van der Waals surface area contributed by atoms with Crippen molar-refractivity contribution in [3.05, 3.63) is 51.6 Å². The molecule has 0 saturated heterocycles. The lowest BCUT2D eigenvalue weighted by Crippen LogP contribution is -2.35. The molecule has 0 unspecified atom stereocenters. The second kappa shape index (κ2) is 5.81. The summed E-state index contributed by atoms with van der Waals surface area (Å²) in [4.78, 5) is 23.6. The smallest absolute Gasteiger partial charge is 0.223 e. The van der Waals surface area contributed by atoms with Crippen LogP contribution < -0.4 is 0 Å². The summed E-state index contributed by atoms with van der Waals surface area (Å²) in [6.45, 7) is 3.61. The van der Waals surface area contributed by atoms with Gasteiger partial charge in [0, 0.05) is 40.9 Å². The van der Waals surface area contributed by atoms with Crippen LogP contribution in [0.1, 0.15) is 28.2 Å². The lowest BCUT2D eigenvalue weighted by Gasteiger charge is -2.26. The van der Waals surface area contributed by atoms with Crippen molar-refractivity contribution in [2.75, 3.05) is 6.54 Å². The molecule has 1 amide bonds. The summed E-state index contributed by atoms with van der Waals surface area (Å²) in [5.41, 5.74) is 6.64. The summed E-state index contributed by atoms with van der Waals surface area (Å²) in [5, 5.41) is 1.24. The molecule has 3 aromatic rings. The molecule has 0 atom stereocenters. The summed E-state index contributed by atoms with van der Waals surface area (Å²) < 4.78 is 0. The van der Waals surface area contributed by atoms with Gasteiger partial charge in [0.2, 0.25) is 5.91 Å². The highest BCUT2D eigenvalue weighted by Crippen LogP contribution is 2.25. The molecule has 1 N–H and O–H groups in total. The van der Waals surface area contributed by atoms with Gasteiger partial charge >= 0.3 is 0 Å². The number of hydrogen-bond acceptors (Lipinski definition) is 3. The second-order valence-corrected chi connectivity index (χ2v) is 7.00. The minimum atomic E-state index is 0.244. The Hall–Kier alpha value is -2.14. The number of para-hydroxylation sites is 1. The molecule has 0 bridgehead atoms. The van der Waals surface area contributed by atoms with Gasteiger partial charge in [-0.2, -0.15) is 0 Å². The number of aromatic nitrogens is 2. The van der Waals surface area contributed by atoms with Crippen LogP contribution in [0.15, 0.2) is 29.8 Å². The molecule has 3 heterocycles. The van der Waals surface area contributed by atoms with Crippen LogP contribution in [0.5, 0.6) is 0 Å². The maximum atomic E-state index is 12.6. The Balaban J connectivity index is 1.46. The van der Waals surface area contributed by atoms with E-state index in [1.165, 1.54) is 27.2 Å². The summed E-state index contributed by atoms with van der Waals surface area (Å²) in [7, 11) is 0. The van der Waals surface area contributed by atoms with E-state index < -0.39 is 0 Å². The van der Waals surface area contributed by atoms with Crippen molar-refractivity contribution in [2.45, 2.75) is 32.7 Å². The van der Waals surface area contributed by atoms with Crippen molar-refractivity contribution < 1.29 is 4.79 Å². The van der Waals surface area contributed by atoms with E-state index in [1.54, 1.807) is 11.3 Å². The third-order valence-corrected chi connectivity index (χ3v) is 5.51. The Bertz CT molecular complexity index is 864. The van der Waals surface area contributed by atoms with E-state index in [0.717, 1.165) is 31.4 Å². The van der Waals surface area contributed by atoms with Crippen LogP contribution >= 0.6 is 11.3 Å². The fourth-order valence-corrected chi connectivity index (χ4v) is 4.21. The second-order valence-electron chi connectivity index (χ2n) is 6.06. The molecular formula is C18H19N3OS. The molecule has 2 aromatic heterocycles. The largest absolute Gasteiger partial charge is 0.358 e. The first kappa shape index (κ1) is 14.5. The number of amides is 1. The van der Waals surface area contributed by atoms with Crippen molar-refractivity contribution in [1.29, 1.82) is 0 Å². The number of thiazole rings is 1. The molecule has 1 aliphatic heterocycles. The highest BCUT2D eigenvalue weighted by molar-refractivity contribution is 7.09. The predicted octanol–water partition coefficient (Wildman–Crippen LogP) is 3.45. The number of hydrogen-bond donors (Lipinski definition) is 1. The van der Waals surface area contributed by atoms with Crippen molar-refractivity contribution in [2.24, 2.45) is 0 Å². The van der Waals surface area contributed by atoms with Crippen molar-refractivity contribution >= 4 is 28.1 Å². The monoisotopic (exact) mass is 325 g/mol. The van der Waals surface area contributed by atoms with Gasteiger partial charge in [-0.1, -0.05) is 18.2 Å². The molecule has 0 fully saturated rings. The molecule has 118 valence electrons. The van der Waals surface area contributed by atoms with Gasteiger partial charge in [-0.3, -0.25) is 4.79 Å². The lowest BCUT2D eigenvalue weighted by molar-refractivity contribution is -0.132. The Morgan fingerprint density at radius 3 is 3.17 bits per heavy atom. The highest BCUT2D eigenvalue weighted by atomic mass is 32.1. The molecule has 0 spiro atoms. The summed E-state index contributed by atoms with van der Waals surface area (Å²) in [5.74, 6) is 0.244. The first-order chi connectivity index (χ1) is 11.2. The number of benzene rings is 1. The summed E-state index contributed by atoms with van der Waals surface area (Å²) in [6.07, 6.45) is 2.24. The predicted molar refractivity (Wildman–Crippen MR) is 92.6 cm³/mol. The molecule has 0 radical (unpaired) electrons. The molecule has 1 aromatic carbocycles. The summed E-state index contributed by atoms with van der Waals surface area (Å²) in [6, 6.07) is 8.30. The Morgan fingerprint density at radius 2 is 2.26 bits per heavy atom. The number of aryl methyl sites for hydroxylation is 2. The van der Waals surface area contributed by atoms with E-state index in [1.807, 2.05) is 16.5 Å². The van der Waals surface area contributed by atoms with Crippen LogP contribution in [-0.2, 0) is 24.2 Å². The third-order valence-electron chi connectivity index (χ3n) is 4.65. The van der Waals surface area contributed by atoms with Gasteiger partial charge in [0.25, 0.3) is 0 Å². The fourth-order valence-electron chi connectivity index (χ4n) is 3.38. The van der Waals surface area contributed by atoms with E-state index >= 15 is 0 Å². The minimum Gasteiger partial charge on any atom is -0.358 e. The van der Waals surface area contributed by atoms with E-state index in [-0.39, 0.29) is 5.91 Å². The molecule has 1 aliphatic rings. The lowest BCUT2D eigenvalue weighted by atomic mass is 10.0. The van der Waals surface area contributed by atoms with Gasteiger partial charge < -0.3 is 9.88 Å². The number of carbonyl (C=O) groups excluding carboxylic acids is 1. The zero-order chi connectivity index (χ0) is 15.8. The third kappa shape index (κ3) is 2.65. The van der Waals surface area contributed by atoms with Crippen LogP contribution in [0.3, 0.4) is 0 Å². The van der Waals surface area contributed by atoms with Crippen molar-refractivity contribution in [3.8, 4) is 0 Å². The van der Waals surface area contributed by atoms with E-state index in [9.17, 15) is 4.79 Å². The maximum Gasteiger partial charge on any atom is 0.223 e. The van der Waals surface area contributed by atoms with Crippen LogP contribution in [0, 0.1) is 6.92 Å². The zero-order valence-electron chi connectivity index (χ0n) is 13.1. The number of fused-ring (bicyclic) bond motifs is 2. The van der Waals surface area contributed by atoms with E-state index in [4.69, 9.17) is 0 Å². The Kier molecular flexibility index (Phi) is 3.65. The average molecular weight is 325 g/mol. The average Bonchev–Trinajstić information content (AvgIpc) is 3.15. The fraction of sp³-hybridized carbons (Fsp3) is 0.333. The number of H-pyrrole nitrogens is 1. The Morgan fingerprint density at radius 1 is 1.39 bits per heavy atom. The van der Waals surface area contributed by atoms with Crippen molar-refractivity contribution in [1.82, 2.24) is 14.9 Å². The maximum absolute atomic E-state index is 12.6. The van der Waals surface area contributed by atoms with Gasteiger partial charge in [0.1, 0.15) is 0 Å². The molecule has 0 aliphatic carbocycles. The van der Waals surface area contributed by atoms with E-state index in [2.05, 4.69) is 35.1 Å². The zero-order valence-corrected chi connectivity index (χ0v) is 13.9. The number of aromatic amines is 1. The van der Waals surface area contributed by atoms with Crippen LogP contribution in [-0.4, -0.2) is 27.3 Å². The quantitative estimate of drug-likeness (QED) is 0.802. The van der Waals surface area contributed by atoms with Gasteiger partial charge in [-0.25, -0.2) is 4.98 Å². The number of nitrogens with zero attached hydrogens (tertiary/aromatic N) is 2. The molecular weight excluding hydrogens is 306 g/mol. The molecule has 4 nitrogen and oxygen atoms in total. The van der Waals surface area contributed by atoms with Crippen molar-refractivity contribution in [3.63, 3.8) is 0 Å². The molecule has 23 heavy (non-hydrogen) atoms. The topological polar surface area (TPSA) is 49.0 Å². The van der Waals surface area contributed by atoms with Crippen LogP contribution in [0.4, 0.5) is 0 Å². The Labute approximate surface area is 139 Å². The number of rotatable bonds is 3. The molecule has 5 heteroatoms. The number of nitrogens with one attached hydrogen (secondary N) is 1. The normalized spacial score (nSPS) is 14.2. The highest BCUT2D eigenvalue weighted by Gasteiger charge is 2.22. The van der Waals surface area contributed by atoms with Crippen LogP contribution in [0.2, 0.25) is 0 Å². The first-order valence-electron chi connectivity index (χ1n) is 7.97.